The molecule has 0 saturated carbocycles. The number of hydrogen-bond donors (Lipinski definition) is 1. The highest BCUT2D eigenvalue weighted by molar-refractivity contribution is 7.92. The number of carbonyl (C=O) groups is 2. The molecule has 0 aliphatic heterocycles. The van der Waals surface area contributed by atoms with Crippen molar-refractivity contribution in [1.82, 2.24) is 10.2 Å². The number of anilines is 1. The highest BCUT2D eigenvalue weighted by atomic mass is 35.5. The molecule has 0 radical (unpaired) electrons. The van der Waals surface area contributed by atoms with Gasteiger partial charge in [0.2, 0.25) is 11.8 Å². The molecular weight excluding hydrogens is 594 g/mol. The number of halogens is 1. The number of amides is 2. The van der Waals surface area contributed by atoms with E-state index in [0.717, 1.165) is 21.0 Å². The first kappa shape index (κ1) is 32.8. The number of benzene rings is 4. The zero-order valence-electron chi connectivity index (χ0n) is 25.2. The van der Waals surface area contributed by atoms with Gasteiger partial charge in [0.15, 0.2) is 0 Å². The fourth-order valence-electron chi connectivity index (χ4n) is 5.01. The molecule has 0 aliphatic carbocycles. The Kier molecular flexibility index (Phi) is 11.2. The summed E-state index contributed by atoms with van der Waals surface area (Å²) in [6.45, 7) is 5.24. The molecule has 44 heavy (non-hydrogen) atoms. The molecule has 0 saturated heterocycles. The Balaban J connectivity index is 1.82. The van der Waals surface area contributed by atoms with Crippen LogP contribution in [-0.2, 0) is 39.0 Å². The Labute approximate surface area is 265 Å². The Morgan fingerprint density at radius 2 is 1.39 bits per heavy atom. The smallest absolute Gasteiger partial charge is 0.264 e. The molecular formula is C35H38ClN3O4S. The van der Waals surface area contributed by atoms with E-state index < -0.39 is 28.5 Å². The quantitative estimate of drug-likeness (QED) is 0.189. The lowest BCUT2D eigenvalue weighted by molar-refractivity contribution is -0.140. The molecule has 230 valence electrons. The molecule has 4 aromatic rings. The van der Waals surface area contributed by atoms with Crippen molar-refractivity contribution in [2.45, 2.75) is 57.1 Å². The molecule has 0 unspecified atom stereocenters. The van der Waals surface area contributed by atoms with E-state index in [9.17, 15) is 18.0 Å². The predicted octanol–water partition coefficient (Wildman–Crippen LogP) is 6.26. The second kappa shape index (κ2) is 15.0. The van der Waals surface area contributed by atoms with Gasteiger partial charge in [-0.25, -0.2) is 8.42 Å². The summed E-state index contributed by atoms with van der Waals surface area (Å²) >= 11 is 6.14. The number of carbonyl (C=O) groups excluding carboxylic acids is 2. The zero-order chi connectivity index (χ0) is 31.7. The van der Waals surface area contributed by atoms with Gasteiger partial charge in [0.05, 0.1) is 10.6 Å². The molecule has 4 aromatic carbocycles. The third-order valence-electron chi connectivity index (χ3n) is 7.22. The van der Waals surface area contributed by atoms with E-state index in [1.54, 1.807) is 54.6 Å². The number of sulfonamides is 1. The molecule has 4 rings (SSSR count). The highest BCUT2D eigenvalue weighted by Crippen LogP contribution is 2.28. The summed E-state index contributed by atoms with van der Waals surface area (Å²) in [5.74, 6) is -0.831. The molecule has 2 amide bonds. The maximum Gasteiger partial charge on any atom is 0.264 e. The van der Waals surface area contributed by atoms with E-state index >= 15 is 0 Å². The second-order valence-electron chi connectivity index (χ2n) is 10.8. The third-order valence-corrected chi connectivity index (χ3v) is 9.25. The van der Waals surface area contributed by atoms with Crippen molar-refractivity contribution >= 4 is 39.1 Å². The van der Waals surface area contributed by atoms with Gasteiger partial charge in [-0.3, -0.25) is 13.9 Å². The molecule has 1 atom stereocenters. The molecule has 0 fully saturated rings. The van der Waals surface area contributed by atoms with Crippen molar-refractivity contribution in [2.75, 3.05) is 10.8 Å². The lowest BCUT2D eigenvalue weighted by Crippen LogP contribution is -2.54. The van der Waals surface area contributed by atoms with Crippen LogP contribution in [0, 0.1) is 0 Å². The summed E-state index contributed by atoms with van der Waals surface area (Å²) in [5, 5.41) is 3.51. The average molecular weight is 632 g/mol. The van der Waals surface area contributed by atoms with E-state index in [4.69, 9.17) is 11.6 Å². The van der Waals surface area contributed by atoms with Gasteiger partial charge >= 0.3 is 0 Å². The molecule has 0 spiro atoms. The number of nitrogens with zero attached hydrogens (tertiary/aromatic N) is 2. The van der Waals surface area contributed by atoms with Crippen molar-refractivity contribution in [3.05, 3.63) is 131 Å². The van der Waals surface area contributed by atoms with E-state index in [0.29, 0.717) is 17.1 Å². The second-order valence-corrected chi connectivity index (χ2v) is 13.1. The van der Waals surface area contributed by atoms with Crippen LogP contribution in [0.4, 0.5) is 5.69 Å². The molecule has 9 heteroatoms. The number of aryl methyl sites for hydroxylation is 1. The minimum absolute atomic E-state index is 0.0707. The van der Waals surface area contributed by atoms with Crippen LogP contribution in [-0.4, -0.2) is 43.8 Å². The first-order chi connectivity index (χ1) is 21.1. The standard InChI is InChI=1S/C35H38ClN3O4S/c1-4-29-15-11-12-18-32(29)39(44(42,43)31-16-9-6-10-17-31)25-34(40)38(24-28-19-21-30(36)22-20-28)33(35(41)37-26(2)3)23-27-13-7-5-8-14-27/h5-22,26,33H,4,23-25H2,1-3H3,(H,37,41)/t33-/m0/s1. The minimum atomic E-state index is -4.15. The summed E-state index contributed by atoms with van der Waals surface area (Å²) in [6, 6.07) is 30.7. The van der Waals surface area contributed by atoms with Gasteiger partial charge in [-0.05, 0) is 67.3 Å². The van der Waals surface area contributed by atoms with Crippen LogP contribution in [0.25, 0.3) is 0 Å². The molecule has 0 aliphatic rings. The first-order valence-electron chi connectivity index (χ1n) is 14.6. The van der Waals surface area contributed by atoms with Crippen LogP contribution in [0.2, 0.25) is 5.02 Å². The van der Waals surface area contributed by atoms with Crippen LogP contribution >= 0.6 is 11.6 Å². The van der Waals surface area contributed by atoms with Crippen LogP contribution in [0.15, 0.2) is 114 Å². The van der Waals surface area contributed by atoms with Crippen LogP contribution in [0.5, 0.6) is 0 Å². The van der Waals surface area contributed by atoms with Crippen LogP contribution in [0.3, 0.4) is 0 Å². The highest BCUT2D eigenvalue weighted by Gasteiger charge is 2.35. The molecule has 7 nitrogen and oxygen atoms in total. The summed E-state index contributed by atoms with van der Waals surface area (Å²) in [7, 11) is -4.15. The van der Waals surface area contributed by atoms with Gasteiger partial charge in [-0.15, -0.1) is 0 Å². The van der Waals surface area contributed by atoms with Crippen LogP contribution < -0.4 is 9.62 Å². The average Bonchev–Trinajstić information content (AvgIpc) is 3.02. The summed E-state index contributed by atoms with van der Waals surface area (Å²) < 4.78 is 29.5. The molecule has 0 heterocycles. The van der Waals surface area contributed by atoms with Crippen molar-refractivity contribution < 1.29 is 18.0 Å². The lowest BCUT2D eigenvalue weighted by Gasteiger charge is -2.34. The van der Waals surface area contributed by atoms with E-state index in [1.807, 2.05) is 63.2 Å². The normalized spacial score (nSPS) is 12.0. The fourth-order valence-corrected chi connectivity index (χ4v) is 6.61. The Hall–Kier alpha value is -4.14. The van der Waals surface area contributed by atoms with Crippen molar-refractivity contribution in [2.24, 2.45) is 0 Å². The van der Waals surface area contributed by atoms with Gasteiger partial charge < -0.3 is 10.2 Å². The van der Waals surface area contributed by atoms with Gasteiger partial charge in [0, 0.05) is 24.0 Å². The monoisotopic (exact) mass is 631 g/mol. The van der Waals surface area contributed by atoms with Crippen LogP contribution in [0.1, 0.15) is 37.5 Å². The summed E-state index contributed by atoms with van der Waals surface area (Å²) in [5.41, 5.74) is 2.83. The molecule has 0 bridgehead atoms. The van der Waals surface area contributed by atoms with E-state index in [-0.39, 0.29) is 29.8 Å². The van der Waals surface area contributed by atoms with Crippen molar-refractivity contribution in [3.63, 3.8) is 0 Å². The topological polar surface area (TPSA) is 86.8 Å². The van der Waals surface area contributed by atoms with Crippen molar-refractivity contribution in [3.8, 4) is 0 Å². The predicted molar refractivity (Wildman–Crippen MR) is 176 cm³/mol. The largest absolute Gasteiger partial charge is 0.352 e. The van der Waals surface area contributed by atoms with Crippen molar-refractivity contribution in [1.29, 1.82) is 0 Å². The third kappa shape index (κ3) is 8.27. The minimum Gasteiger partial charge on any atom is -0.352 e. The summed E-state index contributed by atoms with van der Waals surface area (Å²) in [4.78, 5) is 29.8. The first-order valence-corrected chi connectivity index (χ1v) is 16.5. The number of nitrogens with one attached hydrogen (secondary N) is 1. The number of rotatable bonds is 13. The van der Waals surface area contributed by atoms with Gasteiger partial charge in [0.25, 0.3) is 10.0 Å². The fraction of sp³-hybridized carbons (Fsp3) is 0.257. The van der Waals surface area contributed by atoms with Gasteiger partial charge in [-0.2, -0.15) is 0 Å². The molecule has 1 N–H and O–H groups in total. The molecule has 0 aromatic heterocycles. The zero-order valence-corrected chi connectivity index (χ0v) is 26.8. The van der Waals surface area contributed by atoms with E-state index in [2.05, 4.69) is 5.32 Å². The lowest BCUT2D eigenvalue weighted by atomic mass is 10.0. The Morgan fingerprint density at radius 1 is 0.795 bits per heavy atom. The van der Waals surface area contributed by atoms with Gasteiger partial charge in [-0.1, -0.05) is 97.4 Å². The SMILES string of the molecule is CCc1ccccc1N(CC(=O)N(Cc1ccc(Cl)cc1)[C@@H](Cc1ccccc1)C(=O)NC(C)C)S(=O)(=O)c1ccccc1. The Bertz CT molecular complexity index is 1650. The van der Waals surface area contributed by atoms with Gasteiger partial charge in [0.1, 0.15) is 12.6 Å². The Morgan fingerprint density at radius 3 is 2.00 bits per heavy atom. The summed E-state index contributed by atoms with van der Waals surface area (Å²) in [6.07, 6.45) is 0.808. The van der Waals surface area contributed by atoms with E-state index in [1.165, 1.54) is 17.0 Å². The number of para-hydroxylation sites is 1. The maximum atomic E-state index is 14.5. The maximum absolute atomic E-state index is 14.5. The number of hydrogen-bond acceptors (Lipinski definition) is 4.